The summed E-state index contributed by atoms with van der Waals surface area (Å²) in [6, 6.07) is 21.8. The predicted molar refractivity (Wildman–Crippen MR) is 245 cm³/mol. The van der Waals surface area contributed by atoms with Gasteiger partial charge in [0, 0.05) is 48.7 Å². The Bertz CT molecular complexity index is 2810. The van der Waals surface area contributed by atoms with Crippen LogP contribution in [0, 0.1) is 50.0 Å². The number of hydrogen-bond acceptors (Lipinski definition) is 15. The second kappa shape index (κ2) is 25.7. The molecule has 65 heavy (non-hydrogen) atoms. The van der Waals surface area contributed by atoms with Gasteiger partial charge in [0.25, 0.3) is 0 Å². The number of benzene rings is 2. The SMILES string of the molecule is Br.BrCc1ncc[nH]1.CC(=O)Nc1ccc(-c2c(C#N)c(N)[nH]c(=S)c2C#N)cc1.CC(=O)Nc1ccc(-c2c(C#N)c(N)nc(SCC3=NC=C[NH2+]3)c2C#N)cc1.O=C([O-])C(F)(F)F. The summed E-state index contributed by atoms with van der Waals surface area (Å²) in [4.78, 5) is 49.0. The quantitative estimate of drug-likeness (QED) is 0.0578. The van der Waals surface area contributed by atoms with Gasteiger partial charge in [0.2, 0.25) is 17.6 Å². The number of aliphatic carboxylic acids is 1. The third kappa shape index (κ3) is 15.7. The number of carboxylic acids is 1. The van der Waals surface area contributed by atoms with Crippen LogP contribution in [0.4, 0.5) is 36.2 Å². The Kier molecular flexibility index (Phi) is 21.2. The summed E-state index contributed by atoms with van der Waals surface area (Å²) in [5, 5.41) is 55.2. The van der Waals surface area contributed by atoms with E-state index in [1.54, 1.807) is 67.1 Å². The number of carbonyl (C=O) groups is 3. The molecule has 0 unspecified atom stereocenters. The molecule has 2 amide bonds. The number of nitrogens with two attached hydrogens (primary N) is 3. The van der Waals surface area contributed by atoms with Gasteiger partial charge in [0.05, 0.1) is 28.4 Å². The van der Waals surface area contributed by atoms with Crippen molar-refractivity contribution in [1.29, 1.82) is 21.0 Å². The third-order valence-corrected chi connectivity index (χ3v) is 9.60. The molecule has 18 nitrogen and oxygen atoms in total. The zero-order valence-corrected chi connectivity index (χ0v) is 38.5. The van der Waals surface area contributed by atoms with E-state index in [1.807, 2.05) is 23.7 Å². The number of imidazole rings is 1. The number of carbonyl (C=O) groups excluding carboxylic acids is 3. The molecule has 0 saturated heterocycles. The van der Waals surface area contributed by atoms with Crippen LogP contribution in [-0.2, 0) is 19.7 Å². The summed E-state index contributed by atoms with van der Waals surface area (Å²) in [7, 11) is 0. The van der Waals surface area contributed by atoms with E-state index in [0.29, 0.717) is 44.4 Å². The van der Waals surface area contributed by atoms with Crippen molar-refractivity contribution in [1.82, 2.24) is 19.9 Å². The number of carboxylic acid groups (broad SMARTS) is 1. The van der Waals surface area contributed by atoms with Crippen LogP contribution in [0.5, 0.6) is 0 Å². The molecule has 1 aliphatic heterocycles. The van der Waals surface area contributed by atoms with E-state index in [4.69, 9.17) is 33.6 Å². The molecule has 6 rings (SSSR count). The Morgan fingerprint density at radius 1 is 0.877 bits per heavy atom. The highest BCUT2D eigenvalue weighted by Crippen LogP contribution is 2.36. The van der Waals surface area contributed by atoms with Crippen LogP contribution in [0.25, 0.3) is 22.3 Å². The Morgan fingerprint density at radius 2 is 1.37 bits per heavy atom. The Hall–Kier alpha value is -7.39. The van der Waals surface area contributed by atoms with Crippen molar-refractivity contribution < 1.29 is 38.0 Å². The van der Waals surface area contributed by atoms with Crippen LogP contribution < -0.4 is 32.5 Å². The Labute approximate surface area is 396 Å². The van der Waals surface area contributed by atoms with Crippen molar-refractivity contribution >= 4 is 104 Å². The molecule has 0 atom stereocenters. The lowest BCUT2D eigenvalue weighted by Crippen LogP contribution is -2.81. The molecule has 0 bridgehead atoms. The fraction of sp³-hybridized carbons (Fsp3) is 0.125. The first-order chi connectivity index (χ1) is 30.4. The molecule has 10 N–H and O–H groups in total. The summed E-state index contributed by atoms with van der Waals surface area (Å²) >= 11 is 9.68. The number of amidine groups is 1. The van der Waals surface area contributed by atoms with E-state index < -0.39 is 12.1 Å². The fourth-order valence-electron chi connectivity index (χ4n) is 5.10. The number of nitrogen functional groups attached to an aromatic ring is 2. The summed E-state index contributed by atoms with van der Waals surface area (Å²) in [6.45, 7) is 2.83. The second-order valence-corrected chi connectivity index (χ2v) is 14.2. The van der Waals surface area contributed by atoms with Crippen LogP contribution in [-0.4, -0.2) is 55.5 Å². The van der Waals surface area contributed by atoms with Gasteiger partial charge in [-0.15, -0.1) is 17.0 Å². The first-order valence-electron chi connectivity index (χ1n) is 17.7. The van der Waals surface area contributed by atoms with Crippen molar-refractivity contribution in [2.24, 2.45) is 4.99 Å². The molecule has 0 saturated carbocycles. The number of hydrogen-bond donors (Lipinski definition) is 7. The van der Waals surface area contributed by atoms with Crippen molar-refractivity contribution in [3.63, 3.8) is 0 Å². The van der Waals surface area contributed by atoms with Crippen LogP contribution in [0.3, 0.4) is 0 Å². The number of aromatic amines is 2. The van der Waals surface area contributed by atoms with Crippen molar-refractivity contribution in [3.05, 3.63) is 106 Å². The number of halogens is 5. The van der Waals surface area contributed by atoms with Gasteiger partial charge >= 0.3 is 6.18 Å². The highest BCUT2D eigenvalue weighted by molar-refractivity contribution is 9.08. The number of aromatic nitrogens is 4. The first kappa shape index (κ1) is 53.7. The predicted octanol–water partition coefficient (Wildman–Crippen LogP) is 5.45. The standard InChI is InChI=1S/C19H15N7OS.C15H11N5OS.C4H5BrN2.C2HF3O2.BrH/c1-11(27)25-13-4-2-12(3-5-13)17-14(8-20)18(22)26-19(15(17)9-21)28-10-16-23-6-7-24-16;1-8(21)19-10-4-2-9(3-5-10)13-11(6-16)14(18)20-15(22)12(13)7-17;5-3-4-6-1-2-7-4;3-2(4,5)1(6)7;/h2-7H,10H2,1H3,(H2,22,26)(H,23,24)(H,25,27);2-5H,1H3,(H,19,21)(H3,18,20,22);1-2H,3H2,(H,6,7);(H,6,7);1H. The van der Waals surface area contributed by atoms with Crippen LogP contribution >= 0.6 is 56.9 Å². The van der Waals surface area contributed by atoms with E-state index in [9.17, 15) is 43.8 Å². The molecule has 1 aliphatic rings. The van der Waals surface area contributed by atoms with Gasteiger partial charge in [0.15, 0.2) is 0 Å². The summed E-state index contributed by atoms with van der Waals surface area (Å²) in [6.07, 6.45) is 1.88. The van der Waals surface area contributed by atoms with Gasteiger partial charge in [-0.05, 0) is 35.4 Å². The van der Waals surface area contributed by atoms with E-state index >= 15 is 0 Å². The molecule has 334 valence electrons. The number of aliphatic imine (C=N–C) groups is 1. The van der Waals surface area contributed by atoms with E-state index in [2.05, 4.69) is 63.6 Å². The molecule has 3 aromatic heterocycles. The largest absolute Gasteiger partial charge is 0.542 e. The Morgan fingerprint density at radius 3 is 1.74 bits per heavy atom. The minimum Gasteiger partial charge on any atom is -0.542 e. The Balaban J connectivity index is 0.000000345. The number of nitrogens with zero attached hydrogens (tertiary/aromatic N) is 7. The number of alkyl halides is 4. The zero-order valence-electron chi connectivity index (χ0n) is 33.6. The number of quaternary nitrogens is 1. The van der Waals surface area contributed by atoms with Crippen molar-refractivity contribution in [3.8, 4) is 46.5 Å². The monoisotopic (exact) mass is 1050 g/mol. The lowest BCUT2D eigenvalue weighted by atomic mass is 9.96. The van der Waals surface area contributed by atoms with Gasteiger partial charge in [-0.1, -0.05) is 64.2 Å². The molecule has 0 fully saturated rings. The number of amides is 2. The van der Waals surface area contributed by atoms with Crippen molar-refractivity contribution in [2.75, 3.05) is 27.9 Å². The number of pyridine rings is 2. The summed E-state index contributed by atoms with van der Waals surface area (Å²) in [5.74, 6) is -0.827. The minimum absolute atomic E-state index is 0. The van der Waals surface area contributed by atoms with Gasteiger partial charge < -0.3 is 42.0 Å². The molecule has 0 spiro atoms. The molecule has 0 aliphatic carbocycles. The molecule has 2 aromatic carbocycles. The molecular formula is C40H33Br2F3N14O4S2. The maximum absolute atomic E-state index is 11.2. The minimum atomic E-state index is -5.19. The number of nitrogens with one attached hydrogen (secondary N) is 4. The zero-order chi connectivity index (χ0) is 47.6. The van der Waals surface area contributed by atoms with Gasteiger partial charge in [-0.25, -0.2) is 15.0 Å². The van der Waals surface area contributed by atoms with Crippen molar-refractivity contribution in [2.45, 2.75) is 30.4 Å². The maximum atomic E-state index is 11.2. The number of H-pyrrole nitrogens is 2. The molecule has 4 heterocycles. The van der Waals surface area contributed by atoms with Gasteiger partial charge in [-0.2, -0.15) is 34.2 Å². The molecule has 25 heteroatoms. The van der Waals surface area contributed by atoms with Crippen LogP contribution in [0.2, 0.25) is 0 Å². The smallest absolute Gasteiger partial charge is 0.430 e. The fourth-order valence-corrected chi connectivity index (χ4v) is 6.58. The van der Waals surface area contributed by atoms with Crippen LogP contribution in [0.1, 0.15) is 41.9 Å². The molecule has 5 aromatic rings. The highest BCUT2D eigenvalue weighted by Gasteiger charge is 2.29. The average molecular weight is 1050 g/mol. The number of rotatable bonds is 8. The lowest BCUT2D eigenvalue weighted by molar-refractivity contribution is -0.458. The van der Waals surface area contributed by atoms with E-state index in [1.165, 1.54) is 25.6 Å². The lowest BCUT2D eigenvalue weighted by Gasteiger charge is -2.13. The highest BCUT2D eigenvalue weighted by atomic mass is 79.9. The van der Waals surface area contributed by atoms with E-state index in [-0.39, 0.29) is 67.3 Å². The van der Waals surface area contributed by atoms with Crippen LogP contribution in [0.15, 0.2) is 83.3 Å². The average Bonchev–Trinajstić information content (AvgIpc) is 3.99. The summed E-state index contributed by atoms with van der Waals surface area (Å²) < 4.78 is 31.7. The van der Waals surface area contributed by atoms with Gasteiger partial charge in [-0.3, -0.25) is 14.9 Å². The second-order valence-electron chi connectivity index (χ2n) is 12.3. The van der Waals surface area contributed by atoms with Gasteiger partial charge in [0.1, 0.15) is 74.7 Å². The number of anilines is 4. The normalized spacial score (nSPS) is 10.7. The maximum Gasteiger partial charge on any atom is 0.430 e. The first-order valence-corrected chi connectivity index (χ1v) is 20.2. The third-order valence-electron chi connectivity index (χ3n) is 7.76. The topological polar surface area (TPSA) is 332 Å². The summed E-state index contributed by atoms with van der Waals surface area (Å²) in [5.41, 5.74) is 15.9. The number of thioether (sulfide) groups is 1. The molecule has 0 radical (unpaired) electrons. The molecular weight excluding hydrogens is 1020 g/mol. The van der Waals surface area contributed by atoms with E-state index in [0.717, 1.165) is 17.0 Å². The number of nitriles is 4.